The standard InChI is InChI=1S/C10H14NO/c11-8-4-5-9-12-10-6-2-1-3-7-10/h1-3,6H,4-5,8-9,11H2. The highest BCUT2D eigenvalue weighted by molar-refractivity contribution is 5.19. The molecule has 0 fully saturated rings. The van der Waals surface area contributed by atoms with Gasteiger partial charge in [-0.1, -0.05) is 18.2 Å². The molecule has 1 aromatic rings. The van der Waals surface area contributed by atoms with Crippen LogP contribution >= 0.6 is 0 Å². The van der Waals surface area contributed by atoms with Gasteiger partial charge in [-0.05, 0) is 25.5 Å². The van der Waals surface area contributed by atoms with Gasteiger partial charge in [0.1, 0.15) is 5.75 Å². The van der Waals surface area contributed by atoms with E-state index < -0.39 is 0 Å². The molecule has 0 aliphatic heterocycles. The van der Waals surface area contributed by atoms with E-state index in [1.54, 1.807) is 0 Å². The Balaban J connectivity index is 2.16. The summed E-state index contributed by atoms with van der Waals surface area (Å²) in [4.78, 5) is 0. The molecule has 2 heteroatoms. The van der Waals surface area contributed by atoms with Gasteiger partial charge in [0.05, 0.1) is 6.61 Å². The Bertz CT molecular complexity index is 198. The first-order chi connectivity index (χ1) is 5.93. The summed E-state index contributed by atoms with van der Waals surface area (Å²) in [6, 6.07) is 10.6. The molecular weight excluding hydrogens is 150 g/mol. The van der Waals surface area contributed by atoms with Crippen LogP contribution in [0.15, 0.2) is 24.3 Å². The highest BCUT2D eigenvalue weighted by atomic mass is 16.5. The molecule has 2 N–H and O–H groups in total. The van der Waals surface area contributed by atoms with Crippen molar-refractivity contribution < 1.29 is 4.74 Å². The lowest BCUT2D eigenvalue weighted by Crippen LogP contribution is -2.03. The summed E-state index contributed by atoms with van der Waals surface area (Å²) in [5.74, 6) is 0.814. The van der Waals surface area contributed by atoms with Gasteiger partial charge in [0.15, 0.2) is 0 Å². The number of para-hydroxylation sites is 1. The first-order valence-corrected chi connectivity index (χ1v) is 4.23. The van der Waals surface area contributed by atoms with E-state index in [4.69, 9.17) is 10.5 Å². The zero-order chi connectivity index (χ0) is 8.65. The first kappa shape index (κ1) is 9.07. The number of hydrogen-bond donors (Lipinski definition) is 1. The smallest absolute Gasteiger partial charge is 0.127 e. The van der Waals surface area contributed by atoms with E-state index in [9.17, 15) is 0 Å². The second-order valence-corrected chi connectivity index (χ2v) is 2.57. The molecule has 0 spiro atoms. The lowest BCUT2D eigenvalue weighted by Gasteiger charge is -2.03. The summed E-state index contributed by atoms with van der Waals surface area (Å²) < 4.78 is 5.40. The van der Waals surface area contributed by atoms with Crippen LogP contribution in [0.2, 0.25) is 0 Å². The molecule has 0 aromatic heterocycles. The first-order valence-electron chi connectivity index (χ1n) is 4.23. The number of unbranched alkanes of at least 4 members (excludes halogenated alkanes) is 1. The Morgan fingerprint density at radius 2 is 2.25 bits per heavy atom. The molecule has 0 saturated carbocycles. The Morgan fingerprint density at radius 1 is 1.33 bits per heavy atom. The third-order valence-corrected chi connectivity index (χ3v) is 1.54. The molecule has 0 amide bonds. The number of rotatable bonds is 5. The van der Waals surface area contributed by atoms with Crippen LogP contribution in [-0.4, -0.2) is 13.2 Å². The summed E-state index contributed by atoms with van der Waals surface area (Å²) in [6.45, 7) is 1.47. The van der Waals surface area contributed by atoms with Crippen LogP contribution in [0, 0.1) is 6.07 Å². The highest BCUT2D eigenvalue weighted by Gasteiger charge is 1.90. The van der Waals surface area contributed by atoms with Crippen LogP contribution in [0.25, 0.3) is 0 Å². The number of benzene rings is 1. The molecule has 0 unspecified atom stereocenters. The van der Waals surface area contributed by atoms with Crippen molar-refractivity contribution in [2.24, 2.45) is 5.73 Å². The van der Waals surface area contributed by atoms with Crippen molar-refractivity contribution in [1.82, 2.24) is 0 Å². The van der Waals surface area contributed by atoms with Crippen molar-refractivity contribution in [2.45, 2.75) is 12.8 Å². The third kappa shape index (κ3) is 3.39. The van der Waals surface area contributed by atoms with E-state index in [-0.39, 0.29) is 0 Å². The summed E-state index contributed by atoms with van der Waals surface area (Å²) in [5.41, 5.74) is 5.34. The minimum Gasteiger partial charge on any atom is -0.493 e. The maximum atomic E-state index is 5.40. The number of hydrogen-bond acceptors (Lipinski definition) is 2. The van der Waals surface area contributed by atoms with E-state index in [0.29, 0.717) is 0 Å². The molecule has 0 aliphatic carbocycles. The predicted octanol–water partition coefficient (Wildman–Crippen LogP) is 1.60. The molecule has 2 nitrogen and oxygen atoms in total. The van der Waals surface area contributed by atoms with E-state index in [1.807, 2.05) is 24.3 Å². The van der Waals surface area contributed by atoms with Crippen molar-refractivity contribution in [2.75, 3.05) is 13.2 Å². The Labute approximate surface area is 73.3 Å². The maximum Gasteiger partial charge on any atom is 0.127 e. The molecule has 0 heterocycles. The lowest BCUT2D eigenvalue weighted by molar-refractivity contribution is 0.307. The van der Waals surface area contributed by atoms with Crippen LogP contribution in [0.1, 0.15) is 12.8 Å². The van der Waals surface area contributed by atoms with Crippen LogP contribution in [0.5, 0.6) is 5.75 Å². The normalized spacial score (nSPS) is 9.75. The molecule has 12 heavy (non-hydrogen) atoms. The summed E-state index contributed by atoms with van der Waals surface area (Å²) in [7, 11) is 0. The fourth-order valence-corrected chi connectivity index (χ4v) is 0.895. The SMILES string of the molecule is NCCCCOc1[c]cccc1. The molecule has 0 bridgehead atoms. The predicted molar refractivity (Wildman–Crippen MR) is 49.1 cm³/mol. The lowest BCUT2D eigenvalue weighted by atomic mass is 10.3. The van der Waals surface area contributed by atoms with Crippen molar-refractivity contribution in [1.29, 1.82) is 0 Å². The zero-order valence-electron chi connectivity index (χ0n) is 7.12. The Kier molecular flexibility index (Phi) is 4.24. The van der Waals surface area contributed by atoms with Gasteiger partial charge >= 0.3 is 0 Å². The third-order valence-electron chi connectivity index (χ3n) is 1.54. The summed E-state index contributed by atoms with van der Waals surface area (Å²) >= 11 is 0. The van der Waals surface area contributed by atoms with Gasteiger partial charge in [0.2, 0.25) is 0 Å². The van der Waals surface area contributed by atoms with Crippen LogP contribution in [0.4, 0.5) is 0 Å². The molecule has 1 aromatic carbocycles. The van der Waals surface area contributed by atoms with E-state index in [2.05, 4.69) is 6.07 Å². The van der Waals surface area contributed by atoms with Gasteiger partial charge < -0.3 is 10.5 Å². The van der Waals surface area contributed by atoms with Gasteiger partial charge in [0.25, 0.3) is 0 Å². The van der Waals surface area contributed by atoms with Gasteiger partial charge in [-0.2, -0.15) is 0 Å². The Hall–Kier alpha value is -1.02. The molecule has 0 atom stereocenters. The fraction of sp³-hybridized carbons (Fsp3) is 0.400. The van der Waals surface area contributed by atoms with Gasteiger partial charge in [0, 0.05) is 6.07 Å². The molecule has 1 radical (unpaired) electrons. The quantitative estimate of drug-likeness (QED) is 0.671. The molecular formula is C10H14NO. The van der Waals surface area contributed by atoms with Crippen LogP contribution < -0.4 is 10.5 Å². The van der Waals surface area contributed by atoms with Gasteiger partial charge in [-0.15, -0.1) is 0 Å². The van der Waals surface area contributed by atoms with Gasteiger partial charge in [-0.3, -0.25) is 0 Å². The fourth-order valence-electron chi connectivity index (χ4n) is 0.895. The van der Waals surface area contributed by atoms with Crippen molar-refractivity contribution in [3.05, 3.63) is 30.3 Å². The maximum absolute atomic E-state index is 5.40. The molecule has 65 valence electrons. The van der Waals surface area contributed by atoms with Crippen molar-refractivity contribution in [3.63, 3.8) is 0 Å². The van der Waals surface area contributed by atoms with Gasteiger partial charge in [-0.25, -0.2) is 0 Å². The average Bonchev–Trinajstić information content (AvgIpc) is 2.14. The topological polar surface area (TPSA) is 35.2 Å². The van der Waals surface area contributed by atoms with Crippen LogP contribution in [0.3, 0.4) is 0 Å². The van der Waals surface area contributed by atoms with E-state index >= 15 is 0 Å². The monoisotopic (exact) mass is 164 g/mol. The highest BCUT2D eigenvalue weighted by Crippen LogP contribution is 2.07. The summed E-state index contributed by atoms with van der Waals surface area (Å²) in [5, 5.41) is 0. The summed E-state index contributed by atoms with van der Waals surface area (Å²) in [6.07, 6.45) is 2.03. The number of nitrogens with two attached hydrogens (primary N) is 1. The Morgan fingerprint density at radius 3 is 2.92 bits per heavy atom. The largest absolute Gasteiger partial charge is 0.493 e. The van der Waals surface area contributed by atoms with E-state index in [1.165, 1.54) is 0 Å². The molecule has 0 saturated heterocycles. The molecule has 1 rings (SSSR count). The minimum atomic E-state index is 0.734. The second-order valence-electron chi connectivity index (χ2n) is 2.57. The second kappa shape index (κ2) is 5.61. The van der Waals surface area contributed by atoms with E-state index in [0.717, 1.165) is 31.7 Å². The molecule has 0 aliphatic rings. The van der Waals surface area contributed by atoms with Crippen molar-refractivity contribution in [3.8, 4) is 5.75 Å². The zero-order valence-corrected chi connectivity index (χ0v) is 7.12. The average molecular weight is 164 g/mol. The van der Waals surface area contributed by atoms with Crippen LogP contribution in [-0.2, 0) is 0 Å². The number of ether oxygens (including phenoxy) is 1. The van der Waals surface area contributed by atoms with Crippen molar-refractivity contribution >= 4 is 0 Å². The minimum absolute atomic E-state index is 0.734.